The minimum absolute atomic E-state index is 0.186. The van der Waals surface area contributed by atoms with Gasteiger partial charge in [0, 0.05) is 35.8 Å². The molecule has 122 valence electrons. The van der Waals surface area contributed by atoms with Crippen molar-refractivity contribution in [2.24, 2.45) is 0 Å². The summed E-state index contributed by atoms with van der Waals surface area (Å²) in [5, 5.41) is 1.15. The van der Waals surface area contributed by atoms with Crippen LogP contribution in [-0.4, -0.2) is 28.9 Å². The highest BCUT2D eigenvalue weighted by Crippen LogP contribution is 2.30. The first-order chi connectivity index (χ1) is 11.6. The number of para-hydroxylation sites is 1. The lowest BCUT2D eigenvalue weighted by Crippen LogP contribution is -2.28. The van der Waals surface area contributed by atoms with Gasteiger partial charge in [-0.05, 0) is 42.1 Å². The van der Waals surface area contributed by atoms with Crippen molar-refractivity contribution in [3.8, 4) is 0 Å². The Morgan fingerprint density at radius 1 is 1.08 bits per heavy atom. The lowest BCUT2D eigenvalue weighted by molar-refractivity contribution is 0.0790. The van der Waals surface area contributed by atoms with E-state index in [0.29, 0.717) is 13.1 Å². The van der Waals surface area contributed by atoms with E-state index < -0.39 is 11.6 Å². The Morgan fingerprint density at radius 3 is 2.71 bits per heavy atom. The molecule has 0 bridgehead atoms. The Labute approximate surface area is 137 Å². The van der Waals surface area contributed by atoms with E-state index in [1.54, 1.807) is 4.90 Å². The van der Waals surface area contributed by atoms with Crippen LogP contribution in [0, 0.1) is 11.6 Å². The van der Waals surface area contributed by atoms with Crippen LogP contribution in [0.4, 0.5) is 8.78 Å². The van der Waals surface area contributed by atoms with Gasteiger partial charge in [0.25, 0.3) is 5.91 Å². The van der Waals surface area contributed by atoms with Gasteiger partial charge in [0.2, 0.25) is 0 Å². The van der Waals surface area contributed by atoms with Crippen molar-refractivity contribution in [2.75, 3.05) is 13.1 Å². The average Bonchev–Trinajstić information content (AvgIpc) is 3.23. The highest BCUT2D eigenvalue weighted by atomic mass is 19.2. The number of benzene rings is 2. The summed E-state index contributed by atoms with van der Waals surface area (Å²) >= 11 is 0. The number of nitrogens with one attached hydrogen (secondary N) is 1. The van der Waals surface area contributed by atoms with Crippen LogP contribution in [0.3, 0.4) is 0 Å². The molecule has 3 aromatic rings. The zero-order valence-corrected chi connectivity index (χ0v) is 12.9. The van der Waals surface area contributed by atoms with Gasteiger partial charge in [0.05, 0.1) is 0 Å². The quantitative estimate of drug-likeness (QED) is 0.757. The molecular formula is C19H16F2N2O. The number of carbonyl (C=O) groups is 1. The van der Waals surface area contributed by atoms with Crippen LogP contribution in [0.15, 0.2) is 48.5 Å². The number of carbonyl (C=O) groups excluding carboxylic acids is 1. The number of H-pyrrole nitrogens is 1. The molecule has 1 fully saturated rings. The predicted molar refractivity (Wildman–Crippen MR) is 87.9 cm³/mol. The first kappa shape index (κ1) is 14.9. The molecule has 4 rings (SSSR count). The summed E-state index contributed by atoms with van der Waals surface area (Å²) in [5.74, 6) is -1.96. The van der Waals surface area contributed by atoms with Gasteiger partial charge in [0.1, 0.15) is 0 Å². The topological polar surface area (TPSA) is 36.1 Å². The maximum Gasteiger partial charge on any atom is 0.253 e. The molecule has 2 aromatic carbocycles. The monoisotopic (exact) mass is 326 g/mol. The van der Waals surface area contributed by atoms with E-state index in [2.05, 4.69) is 17.1 Å². The van der Waals surface area contributed by atoms with Crippen LogP contribution in [0.1, 0.15) is 28.4 Å². The molecule has 1 atom stereocenters. The molecule has 1 amide bonds. The van der Waals surface area contributed by atoms with E-state index in [1.165, 1.54) is 6.07 Å². The van der Waals surface area contributed by atoms with Gasteiger partial charge in [-0.3, -0.25) is 4.79 Å². The van der Waals surface area contributed by atoms with Crippen molar-refractivity contribution in [1.82, 2.24) is 9.88 Å². The second kappa shape index (κ2) is 5.74. The number of fused-ring (bicyclic) bond motifs is 1. The van der Waals surface area contributed by atoms with Gasteiger partial charge in [-0.1, -0.05) is 18.2 Å². The molecule has 1 aliphatic rings. The predicted octanol–water partition coefficient (Wildman–Crippen LogP) is 4.08. The number of halogens is 2. The zero-order chi connectivity index (χ0) is 16.7. The maximum atomic E-state index is 13.3. The van der Waals surface area contributed by atoms with Gasteiger partial charge < -0.3 is 9.88 Å². The van der Waals surface area contributed by atoms with Crippen LogP contribution in [0.2, 0.25) is 0 Å². The molecule has 0 saturated carbocycles. The lowest BCUT2D eigenvalue weighted by atomic mass is 10.1. The minimum atomic E-state index is -0.993. The third-order valence-corrected chi connectivity index (χ3v) is 4.63. The first-order valence-corrected chi connectivity index (χ1v) is 7.94. The first-order valence-electron chi connectivity index (χ1n) is 7.94. The van der Waals surface area contributed by atoms with Gasteiger partial charge in [-0.25, -0.2) is 8.78 Å². The van der Waals surface area contributed by atoms with E-state index in [-0.39, 0.29) is 17.4 Å². The second-order valence-electron chi connectivity index (χ2n) is 6.18. The largest absolute Gasteiger partial charge is 0.358 e. The van der Waals surface area contributed by atoms with Gasteiger partial charge in [-0.15, -0.1) is 0 Å². The maximum absolute atomic E-state index is 13.3. The molecule has 1 unspecified atom stereocenters. The smallest absolute Gasteiger partial charge is 0.253 e. The average molecular weight is 326 g/mol. The number of aromatic nitrogens is 1. The third-order valence-electron chi connectivity index (χ3n) is 4.63. The summed E-state index contributed by atoms with van der Waals surface area (Å²) in [6.45, 7) is 1.18. The fourth-order valence-corrected chi connectivity index (χ4v) is 3.33. The van der Waals surface area contributed by atoms with E-state index in [0.717, 1.165) is 35.2 Å². The molecule has 3 nitrogen and oxygen atoms in total. The van der Waals surface area contributed by atoms with E-state index in [1.807, 2.05) is 18.2 Å². The summed E-state index contributed by atoms with van der Waals surface area (Å²) in [6, 6.07) is 13.5. The van der Waals surface area contributed by atoms with Gasteiger partial charge in [-0.2, -0.15) is 0 Å². The van der Waals surface area contributed by atoms with E-state index >= 15 is 0 Å². The number of amides is 1. The number of hydrogen-bond donors (Lipinski definition) is 1. The number of rotatable bonds is 2. The molecule has 5 heteroatoms. The van der Waals surface area contributed by atoms with Crippen LogP contribution in [0.5, 0.6) is 0 Å². The number of hydrogen-bond acceptors (Lipinski definition) is 1. The summed E-state index contributed by atoms with van der Waals surface area (Å²) in [7, 11) is 0. The Kier molecular flexibility index (Phi) is 3.56. The molecule has 1 aromatic heterocycles. The van der Waals surface area contributed by atoms with Crippen molar-refractivity contribution < 1.29 is 13.6 Å². The Bertz CT molecular complexity index is 886. The van der Waals surface area contributed by atoms with Crippen LogP contribution >= 0.6 is 0 Å². The van der Waals surface area contributed by atoms with Gasteiger partial charge in [0.15, 0.2) is 11.6 Å². The van der Waals surface area contributed by atoms with Crippen molar-refractivity contribution in [2.45, 2.75) is 12.3 Å². The summed E-state index contributed by atoms with van der Waals surface area (Å²) in [6.07, 6.45) is 0.849. The van der Waals surface area contributed by atoms with Gasteiger partial charge >= 0.3 is 0 Å². The van der Waals surface area contributed by atoms with E-state index in [9.17, 15) is 13.6 Å². The number of aromatic amines is 1. The molecule has 0 aliphatic carbocycles. The Hall–Kier alpha value is -2.69. The van der Waals surface area contributed by atoms with Crippen molar-refractivity contribution >= 4 is 16.8 Å². The van der Waals surface area contributed by atoms with Crippen molar-refractivity contribution in [3.05, 3.63) is 71.4 Å². The fourth-order valence-electron chi connectivity index (χ4n) is 3.33. The standard InChI is InChI=1S/C19H16F2N2O/c20-15-6-5-13(9-16(15)21)19(24)23-8-7-14(11-23)18-10-12-3-1-2-4-17(12)22-18/h1-6,9-10,14,22H,7-8,11H2. The van der Waals surface area contributed by atoms with E-state index in [4.69, 9.17) is 0 Å². The molecule has 0 radical (unpaired) electrons. The van der Waals surface area contributed by atoms with Crippen LogP contribution in [-0.2, 0) is 0 Å². The van der Waals surface area contributed by atoms with Crippen molar-refractivity contribution in [3.63, 3.8) is 0 Å². The molecule has 2 heterocycles. The molecule has 0 spiro atoms. The highest BCUT2D eigenvalue weighted by Gasteiger charge is 2.29. The molecule has 1 N–H and O–H groups in total. The molecular weight excluding hydrogens is 310 g/mol. The van der Waals surface area contributed by atoms with Crippen LogP contribution in [0.25, 0.3) is 10.9 Å². The highest BCUT2D eigenvalue weighted by molar-refractivity contribution is 5.94. The Morgan fingerprint density at radius 2 is 1.92 bits per heavy atom. The summed E-state index contributed by atoms with van der Waals surface area (Å²) in [4.78, 5) is 17.6. The summed E-state index contributed by atoms with van der Waals surface area (Å²) < 4.78 is 26.4. The molecule has 1 aliphatic heterocycles. The minimum Gasteiger partial charge on any atom is -0.358 e. The number of nitrogens with zero attached hydrogens (tertiary/aromatic N) is 1. The molecule has 24 heavy (non-hydrogen) atoms. The second-order valence-corrected chi connectivity index (χ2v) is 6.18. The third kappa shape index (κ3) is 2.56. The SMILES string of the molecule is O=C(c1ccc(F)c(F)c1)N1CCC(c2cc3ccccc3[nH]2)C1. The molecule has 1 saturated heterocycles. The van der Waals surface area contributed by atoms with Crippen molar-refractivity contribution in [1.29, 1.82) is 0 Å². The lowest BCUT2D eigenvalue weighted by Gasteiger charge is -2.16. The Balaban J connectivity index is 1.53. The summed E-state index contributed by atoms with van der Waals surface area (Å²) in [5.41, 5.74) is 2.38. The van der Waals surface area contributed by atoms with Crippen LogP contribution < -0.4 is 0 Å². The zero-order valence-electron chi connectivity index (χ0n) is 12.9. The number of likely N-dealkylation sites (tertiary alicyclic amines) is 1. The normalized spacial score (nSPS) is 17.6. The fraction of sp³-hybridized carbons (Fsp3) is 0.211.